The lowest BCUT2D eigenvalue weighted by Gasteiger charge is -2.30. The quantitative estimate of drug-likeness (QED) is 0.635. The molecule has 1 heterocycles. The Kier molecular flexibility index (Phi) is 6.13. The van der Waals surface area contributed by atoms with Crippen molar-refractivity contribution in [1.29, 1.82) is 0 Å². The zero-order valence-electron chi connectivity index (χ0n) is 17.0. The number of nitrogens with one attached hydrogen (secondary N) is 2. The van der Waals surface area contributed by atoms with Crippen LogP contribution in [0, 0.1) is 0 Å². The first-order chi connectivity index (χ1) is 15.0. The number of carbonyl (C=O) groups is 3. The second-order valence-corrected chi connectivity index (χ2v) is 8.29. The van der Waals surface area contributed by atoms with Gasteiger partial charge in [-0.05, 0) is 49.2 Å². The van der Waals surface area contributed by atoms with Crippen LogP contribution >= 0.6 is 11.6 Å². The molecule has 0 unspecified atom stereocenters. The molecule has 0 bridgehead atoms. The van der Waals surface area contributed by atoms with Gasteiger partial charge in [-0.3, -0.25) is 14.5 Å². The first-order valence-corrected chi connectivity index (χ1v) is 10.8. The van der Waals surface area contributed by atoms with E-state index in [1.807, 2.05) is 12.1 Å². The van der Waals surface area contributed by atoms with E-state index in [0.717, 1.165) is 19.3 Å². The maximum Gasteiger partial charge on any atom is 0.325 e. The van der Waals surface area contributed by atoms with Crippen LogP contribution in [0.25, 0.3) is 0 Å². The number of hydrogen-bond acceptors (Lipinski definition) is 4. The van der Waals surface area contributed by atoms with Crippen molar-refractivity contribution in [3.05, 3.63) is 53.6 Å². The molecule has 0 radical (unpaired) electrons. The third-order valence-electron chi connectivity index (χ3n) is 5.72. The van der Waals surface area contributed by atoms with Gasteiger partial charge in [-0.25, -0.2) is 4.79 Å². The SMILES string of the molecule is O=C(CCN1C(=O)NC2(CCCCC2)C1=O)Nc1ccc(Oc2ccccc2Cl)cc1. The van der Waals surface area contributed by atoms with Crippen LogP contribution in [0.5, 0.6) is 11.5 Å². The molecular formula is C23H24ClN3O4. The molecule has 1 saturated heterocycles. The molecule has 2 aromatic rings. The van der Waals surface area contributed by atoms with E-state index < -0.39 is 11.6 Å². The molecule has 2 N–H and O–H groups in total. The van der Waals surface area contributed by atoms with Crippen LogP contribution in [-0.4, -0.2) is 34.8 Å². The first kappa shape index (κ1) is 21.2. The summed E-state index contributed by atoms with van der Waals surface area (Å²) < 4.78 is 5.73. The van der Waals surface area contributed by atoms with Crippen molar-refractivity contribution in [2.75, 3.05) is 11.9 Å². The smallest absolute Gasteiger partial charge is 0.325 e. The molecular weight excluding hydrogens is 418 g/mol. The van der Waals surface area contributed by atoms with Gasteiger partial charge in [0.1, 0.15) is 17.0 Å². The number of benzene rings is 2. The van der Waals surface area contributed by atoms with Gasteiger partial charge in [0.15, 0.2) is 0 Å². The predicted octanol–water partition coefficient (Wildman–Crippen LogP) is 4.72. The summed E-state index contributed by atoms with van der Waals surface area (Å²) in [6.07, 6.45) is 4.31. The van der Waals surface area contributed by atoms with Crippen molar-refractivity contribution in [2.45, 2.75) is 44.1 Å². The molecule has 4 amide bonds. The highest BCUT2D eigenvalue weighted by molar-refractivity contribution is 6.32. The number of anilines is 1. The molecule has 0 atom stereocenters. The van der Waals surface area contributed by atoms with Crippen molar-refractivity contribution >= 4 is 35.1 Å². The molecule has 1 aliphatic carbocycles. The van der Waals surface area contributed by atoms with Crippen molar-refractivity contribution in [3.8, 4) is 11.5 Å². The van der Waals surface area contributed by atoms with Gasteiger partial charge in [-0.1, -0.05) is 43.0 Å². The summed E-state index contributed by atoms with van der Waals surface area (Å²) in [5, 5.41) is 6.14. The lowest BCUT2D eigenvalue weighted by Crippen LogP contribution is -2.48. The lowest BCUT2D eigenvalue weighted by molar-refractivity contribution is -0.132. The van der Waals surface area contributed by atoms with E-state index >= 15 is 0 Å². The van der Waals surface area contributed by atoms with Gasteiger partial charge in [0, 0.05) is 18.7 Å². The maximum atomic E-state index is 12.8. The van der Waals surface area contributed by atoms with E-state index in [0.29, 0.717) is 35.1 Å². The number of para-hydroxylation sites is 1. The fourth-order valence-electron chi connectivity index (χ4n) is 4.07. The maximum absolute atomic E-state index is 12.8. The highest BCUT2D eigenvalue weighted by Crippen LogP contribution is 2.34. The van der Waals surface area contributed by atoms with Crippen LogP contribution < -0.4 is 15.4 Å². The van der Waals surface area contributed by atoms with E-state index in [9.17, 15) is 14.4 Å². The summed E-state index contributed by atoms with van der Waals surface area (Å²) in [6, 6.07) is 13.6. The summed E-state index contributed by atoms with van der Waals surface area (Å²) in [6.45, 7) is 0.0615. The van der Waals surface area contributed by atoms with Crippen molar-refractivity contribution < 1.29 is 19.1 Å². The first-order valence-electron chi connectivity index (χ1n) is 10.4. The highest BCUT2D eigenvalue weighted by Gasteiger charge is 2.51. The Morgan fingerprint density at radius 2 is 1.77 bits per heavy atom. The lowest BCUT2D eigenvalue weighted by atomic mass is 9.82. The van der Waals surface area contributed by atoms with Crippen LogP contribution in [0.15, 0.2) is 48.5 Å². The fourth-order valence-corrected chi connectivity index (χ4v) is 4.25. The zero-order chi connectivity index (χ0) is 21.8. The van der Waals surface area contributed by atoms with Gasteiger partial charge >= 0.3 is 6.03 Å². The van der Waals surface area contributed by atoms with Gasteiger partial charge in [0.05, 0.1) is 5.02 Å². The molecule has 162 valence electrons. The van der Waals surface area contributed by atoms with Crippen molar-refractivity contribution in [1.82, 2.24) is 10.2 Å². The number of nitrogens with zero attached hydrogens (tertiary/aromatic N) is 1. The van der Waals surface area contributed by atoms with Gasteiger partial charge < -0.3 is 15.4 Å². The van der Waals surface area contributed by atoms with E-state index in [1.54, 1.807) is 36.4 Å². The summed E-state index contributed by atoms with van der Waals surface area (Å²) in [4.78, 5) is 38.6. The second kappa shape index (κ2) is 8.98. The Hall–Kier alpha value is -3.06. The minimum Gasteiger partial charge on any atom is -0.456 e. The van der Waals surface area contributed by atoms with Gasteiger partial charge in [0.2, 0.25) is 5.91 Å². The number of halogens is 1. The van der Waals surface area contributed by atoms with E-state index in [4.69, 9.17) is 16.3 Å². The standard InChI is InChI=1S/C23H24ClN3O4/c24-18-6-2-3-7-19(18)31-17-10-8-16(9-11-17)25-20(28)12-15-27-21(29)23(26-22(27)30)13-4-1-5-14-23/h2-3,6-11H,1,4-5,12-15H2,(H,25,28)(H,26,30). The Bertz CT molecular complexity index is 987. The van der Waals surface area contributed by atoms with Crippen LogP contribution in [0.1, 0.15) is 38.5 Å². The summed E-state index contributed by atoms with van der Waals surface area (Å²) in [5.41, 5.74) is -0.166. The number of hydrogen-bond donors (Lipinski definition) is 2. The van der Waals surface area contributed by atoms with Crippen LogP contribution in [0.2, 0.25) is 5.02 Å². The molecule has 4 rings (SSSR count). The van der Waals surface area contributed by atoms with Crippen molar-refractivity contribution in [3.63, 3.8) is 0 Å². The fraction of sp³-hybridized carbons (Fsp3) is 0.348. The van der Waals surface area contributed by atoms with Gasteiger partial charge in [-0.2, -0.15) is 0 Å². The summed E-state index contributed by atoms with van der Waals surface area (Å²) in [5.74, 6) is 0.657. The van der Waals surface area contributed by atoms with E-state index in [2.05, 4.69) is 10.6 Å². The number of imide groups is 1. The highest BCUT2D eigenvalue weighted by atomic mass is 35.5. The molecule has 1 aliphatic heterocycles. The topological polar surface area (TPSA) is 87.7 Å². The number of amides is 4. The number of urea groups is 1. The number of rotatable bonds is 6. The monoisotopic (exact) mass is 441 g/mol. The van der Waals surface area contributed by atoms with Crippen LogP contribution in [0.3, 0.4) is 0 Å². The minimum atomic E-state index is -0.761. The second-order valence-electron chi connectivity index (χ2n) is 7.88. The Morgan fingerprint density at radius 1 is 1.06 bits per heavy atom. The zero-order valence-corrected chi connectivity index (χ0v) is 17.8. The molecule has 31 heavy (non-hydrogen) atoms. The van der Waals surface area contributed by atoms with E-state index in [1.165, 1.54) is 4.90 Å². The summed E-state index contributed by atoms with van der Waals surface area (Å²) >= 11 is 6.09. The average molecular weight is 442 g/mol. The largest absolute Gasteiger partial charge is 0.456 e. The summed E-state index contributed by atoms with van der Waals surface area (Å²) in [7, 11) is 0. The Balaban J connectivity index is 1.29. The molecule has 2 fully saturated rings. The normalized spacial score (nSPS) is 17.5. The molecule has 1 spiro atoms. The third kappa shape index (κ3) is 4.66. The molecule has 0 aromatic heterocycles. The molecule has 8 heteroatoms. The average Bonchev–Trinajstić information content (AvgIpc) is 2.99. The number of carbonyl (C=O) groups excluding carboxylic acids is 3. The predicted molar refractivity (Wildman–Crippen MR) is 117 cm³/mol. The molecule has 2 aromatic carbocycles. The van der Waals surface area contributed by atoms with E-state index in [-0.39, 0.29) is 24.8 Å². The number of ether oxygens (including phenoxy) is 1. The van der Waals surface area contributed by atoms with Crippen molar-refractivity contribution in [2.24, 2.45) is 0 Å². The molecule has 2 aliphatic rings. The third-order valence-corrected chi connectivity index (χ3v) is 6.03. The van der Waals surface area contributed by atoms with Crippen LogP contribution in [-0.2, 0) is 9.59 Å². The molecule has 1 saturated carbocycles. The van der Waals surface area contributed by atoms with Gasteiger partial charge in [-0.15, -0.1) is 0 Å². The Morgan fingerprint density at radius 3 is 2.48 bits per heavy atom. The molecule has 7 nitrogen and oxygen atoms in total. The van der Waals surface area contributed by atoms with Crippen LogP contribution in [0.4, 0.5) is 10.5 Å². The minimum absolute atomic E-state index is 0.0348. The Labute approximate surface area is 185 Å². The van der Waals surface area contributed by atoms with Gasteiger partial charge in [0.25, 0.3) is 5.91 Å².